The molecule has 0 spiro atoms. The molecule has 1 aliphatic heterocycles. The lowest BCUT2D eigenvalue weighted by Gasteiger charge is -2.25. The molecule has 200 valence electrons. The van der Waals surface area contributed by atoms with Crippen LogP contribution in [-0.2, 0) is 14.9 Å². The number of allylic oxidation sites excluding steroid dienone is 3. The molecule has 2 aliphatic rings. The molecular formula is C29H32N2O5S2. The predicted molar refractivity (Wildman–Crippen MR) is 157 cm³/mol. The van der Waals surface area contributed by atoms with E-state index in [1.165, 1.54) is 7.11 Å². The molecule has 0 amide bonds. The first-order valence-corrected chi connectivity index (χ1v) is 14.8. The van der Waals surface area contributed by atoms with Gasteiger partial charge in [-0.15, -0.1) is 4.89 Å². The predicted octanol–water partition coefficient (Wildman–Crippen LogP) is 7.66. The standard InChI is InChI=1S/C27H26N2O5S2.C2H6/c1-4-9-18-17(2)14-15-23-26(18)21-16-22(19-10-5-6-11-20(19)27(21)34-33-23)28-36(30,31)25-13-8-7-12-24(25)35-29-32-3;1-2/h4-6,9-16,28-29H,7-8H2,1-3H3;1-2H3/b9-4-;. The number of sulfonamides is 1. The van der Waals surface area contributed by atoms with Crippen LogP contribution in [0.15, 0.2) is 70.5 Å². The maximum atomic E-state index is 13.6. The zero-order valence-electron chi connectivity index (χ0n) is 22.1. The Morgan fingerprint density at radius 1 is 1.03 bits per heavy atom. The molecule has 38 heavy (non-hydrogen) atoms. The Morgan fingerprint density at radius 3 is 2.50 bits per heavy atom. The number of benzene rings is 3. The highest BCUT2D eigenvalue weighted by Gasteiger charge is 2.29. The molecule has 0 fully saturated rings. The van der Waals surface area contributed by atoms with E-state index < -0.39 is 10.0 Å². The second-order valence-electron chi connectivity index (χ2n) is 8.39. The van der Waals surface area contributed by atoms with Crippen molar-refractivity contribution in [3.63, 3.8) is 0 Å². The molecule has 0 radical (unpaired) electrons. The SMILES string of the molecule is C/C=C\c1c(C)ccc2c1-c1cc(NS(=O)(=O)C3=CCCC=C3SNOC)c3ccccc3c1OO2.CC. The van der Waals surface area contributed by atoms with Gasteiger partial charge in [-0.05, 0) is 61.9 Å². The summed E-state index contributed by atoms with van der Waals surface area (Å²) in [5.74, 6) is 1.13. The topological polar surface area (TPSA) is 85.9 Å². The third kappa shape index (κ3) is 5.33. The number of aryl methyl sites for hydroxylation is 1. The van der Waals surface area contributed by atoms with Gasteiger partial charge in [0.15, 0.2) is 11.5 Å². The van der Waals surface area contributed by atoms with Crippen LogP contribution < -0.4 is 19.4 Å². The zero-order valence-corrected chi connectivity index (χ0v) is 23.8. The first-order valence-electron chi connectivity index (χ1n) is 12.5. The highest BCUT2D eigenvalue weighted by Crippen LogP contribution is 2.49. The molecule has 1 aliphatic carbocycles. The molecule has 0 saturated carbocycles. The smallest absolute Gasteiger partial charge is 0.262 e. The van der Waals surface area contributed by atoms with E-state index in [4.69, 9.17) is 14.6 Å². The van der Waals surface area contributed by atoms with Crippen LogP contribution in [-0.4, -0.2) is 15.5 Å². The summed E-state index contributed by atoms with van der Waals surface area (Å²) in [6, 6.07) is 13.2. The fraction of sp³-hybridized carbons (Fsp3) is 0.241. The Hall–Kier alpha value is -3.24. The van der Waals surface area contributed by atoms with Crippen molar-refractivity contribution in [2.45, 2.75) is 40.5 Å². The number of nitrogens with one attached hydrogen (secondary N) is 2. The summed E-state index contributed by atoms with van der Waals surface area (Å²) in [5.41, 5.74) is 4.14. The van der Waals surface area contributed by atoms with Gasteiger partial charge in [-0.3, -0.25) is 19.3 Å². The summed E-state index contributed by atoms with van der Waals surface area (Å²) >= 11 is 1.13. The van der Waals surface area contributed by atoms with Crippen LogP contribution >= 0.6 is 11.9 Å². The Balaban J connectivity index is 0.00000164. The molecule has 7 nitrogen and oxygen atoms in total. The Kier molecular flexibility index (Phi) is 8.83. The molecule has 0 unspecified atom stereocenters. The minimum absolute atomic E-state index is 0.218. The molecule has 0 aromatic heterocycles. The van der Waals surface area contributed by atoms with Gasteiger partial charge in [0.1, 0.15) is 0 Å². The number of hydrogen-bond acceptors (Lipinski definition) is 7. The van der Waals surface area contributed by atoms with Crippen LogP contribution in [0.3, 0.4) is 0 Å². The lowest BCUT2D eigenvalue weighted by Crippen LogP contribution is -2.19. The van der Waals surface area contributed by atoms with E-state index in [-0.39, 0.29) is 4.91 Å². The van der Waals surface area contributed by atoms with Crippen LogP contribution in [0.5, 0.6) is 11.5 Å². The molecule has 0 bridgehead atoms. The average molecular weight is 553 g/mol. The van der Waals surface area contributed by atoms with E-state index in [9.17, 15) is 8.42 Å². The van der Waals surface area contributed by atoms with Crippen LogP contribution in [0.25, 0.3) is 28.0 Å². The van der Waals surface area contributed by atoms with E-state index in [1.807, 2.05) is 88.4 Å². The van der Waals surface area contributed by atoms with E-state index in [0.29, 0.717) is 33.9 Å². The fourth-order valence-corrected chi connectivity index (χ4v) is 6.74. The van der Waals surface area contributed by atoms with Crippen molar-refractivity contribution in [2.24, 2.45) is 0 Å². The number of hydrogen-bond donors (Lipinski definition) is 2. The third-order valence-electron chi connectivity index (χ3n) is 6.08. The molecule has 1 heterocycles. The summed E-state index contributed by atoms with van der Waals surface area (Å²) in [6.45, 7) is 7.99. The first kappa shape index (κ1) is 27.8. The average Bonchev–Trinajstić information content (AvgIpc) is 2.94. The summed E-state index contributed by atoms with van der Waals surface area (Å²) in [4.78, 5) is 19.8. The van der Waals surface area contributed by atoms with Crippen LogP contribution in [0.4, 0.5) is 5.69 Å². The molecule has 0 atom stereocenters. The van der Waals surface area contributed by atoms with E-state index in [1.54, 1.807) is 6.08 Å². The highest BCUT2D eigenvalue weighted by molar-refractivity contribution is 8.04. The summed E-state index contributed by atoms with van der Waals surface area (Å²) in [6.07, 6.45) is 9.03. The lowest BCUT2D eigenvalue weighted by atomic mass is 9.91. The molecule has 3 aromatic rings. The maximum absolute atomic E-state index is 13.6. The molecule has 5 rings (SSSR count). The van der Waals surface area contributed by atoms with Crippen LogP contribution in [0, 0.1) is 6.92 Å². The molecular weight excluding hydrogens is 520 g/mol. The Labute approximate surface area is 228 Å². The highest BCUT2D eigenvalue weighted by atomic mass is 32.2. The van der Waals surface area contributed by atoms with Crippen molar-refractivity contribution in [3.05, 3.63) is 81.6 Å². The second-order valence-corrected chi connectivity index (χ2v) is 10.9. The maximum Gasteiger partial charge on any atom is 0.262 e. The normalized spacial score (nSPS) is 14.3. The number of anilines is 1. The monoisotopic (exact) mass is 552 g/mol. The number of fused-ring (bicyclic) bond motifs is 5. The van der Waals surface area contributed by atoms with Crippen molar-refractivity contribution in [1.82, 2.24) is 4.89 Å². The van der Waals surface area contributed by atoms with Crippen molar-refractivity contribution < 1.29 is 23.0 Å². The van der Waals surface area contributed by atoms with Crippen LogP contribution in [0.1, 0.15) is 44.7 Å². The quantitative estimate of drug-likeness (QED) is 0.177. The van der Waals surface area contributed by atoms with E-state index >= 15 is 0 Å². The summed E-state index contributed by atoms with van der Waals surface area (Å²) in [7, 11) is -2.41. The van der Waals surface area contributed by atoms with Gasteiger partial charge in [-0.2, -0.15) is 0 Å². The minimum Gasteiger partial charge on any atom is -0.294 e. The van der Waals surface area contributed by atoms with E-state index in [0.717, 1.165) is 46.0 Å². The number of rotatable bonds is 7. The largest absolute Gasteiger partial charge is 0.294 e. The second kappa shape index (κ2) is 12.1. The van der Waals surface area contributed by atoms with Gasteiger partial charge in [-0.1, -0.05) is 68.5 Å². The first-order chi connectivity index (χ1) is 18.4. The minimum atomic E-state index is -3.90. The van der Waals surface area contributed by atoms with Gasteiger partial charge in [0.2, 0.25) is 0 Å². The van der Waals surface area contributed by atoms with Gasteiger partial charge >= 0.3 is 0 Å². The molecule has 2 N–H and O–H groups in total. The van der Waals surface area contributed by atoms with Crippen molar-refractivity contribution in [2.75, 3.05) is 11.8 Å². The Morgan fingerprint density at radius 2 is 1.76 bits per heavy atom. The van der Waals surface area contributed by atoms with Gasteiger partial charge in [0.05, 0.1) is 17.7 Å². The molecule has 3 aromatic carbocycles. The molecule has 0 saturated heterocycles. The van der Waals surface area contributed by atoms with Crippen molar-refractivity contribution in [3.8, 4) is 22.6 Å². The Bertz CT molecular complexity index is 1540. The van der Waals surface area contributed by atoms with Crippen LogP contribution in [0.2, 0.25) is 0 Å². The van der Waals surface area contributed by atoms with E-state index in [2.05, 4.69) is 9.61 Å². The van der Waals surface area contributed by atoms with Gasteiger partial charge in [0.25, 0.3) is 10.0 Å². The third-order valence-corrected chi connectivity index (χ3v) is 8.52. The fourth-order valence-electron chi connectivity index (χ4n) is 4.48. The zero-order chi connectivity index (χ0) is 27.3. The van der Waals surface area contributed by atoms with Gasteiger partial charge < -0.3 is 0 Å². The molecule has 9 heteroatoms. The van der Waals surface area contributed by atoms with Crippen molar-refractivity contribution >= 4 is 44.5 Å². The van der Waals surface area contributed by atoms with Gasteiger partial charge in [0, 0.05) is 26.8 Å². The van der Waals surface area contributed by atoms with Crippen molar-refractivity contribution in [1.29, 1.82) is 0 Å². The summed E-state index contributed by atoms with van der Waals surface area (Å²) < 4.78 is 30.1. The van der Waals surface area contributed by atoms with Gasteiger partial charge in [-0.25, -0.2) is 8.42 Å². The summed E-state index contributed by atoms with van der Waals surface area (Å²) in [5, 5.41) is 1.45. The lowest BCUT2D eigenvalue weighted by molar-refractivity contribution is -0.101.